The highest BCUT2D eigenvalue weighted by Gasteiger charge is 2.50. The second kappa shape index (κ2) is 6.98. The number of nitrogens with zero attached hydrogens (tertiary/aromatic N) is 2. The fourth-order valence-electron chi connectivity index (χ4n) is 3.03. The number of benzene rings is 1. The maximum Gasteiger partial charge on any atom is 0.331 e. The molecule has 1 aromatic carbocycles. The van der Waals surface area contributed by atoms with Gasteiger partial charge >= 0.3 is 6.03 Å². The summed E-state index contributed by atoms with van der Waals surface area (Å²) in [6.45, 7) is -0.122. The molecular formula is C17H18N4O3S2. The second-order valence-corrected chi connectivity index (χ2v) is 7.89. The predicted octanol–water partition coefficient (Wildman–Crippen LogP) is 2.24. The number of amides is 4. The van der Waals surface area contributed by atoms with Gasteiger partial charge in [-0.1, -0.05) is 18.0 Å². The van der Waals surface area contributed by atoms with Gasteiger partial charge in [-0.3, -0.25) is 19.4 Å². The Bertz CT molecular complexity index is 809. The van der Waals surface area contributed by atoms with Crippen molar-refractivity contribution in [3.05, 3.63) is 35.4 Å². The third-order valence-corrected chi connectivity index (χ3v) is 5.92. The third kappa shape index (κ3) is 3.22. The Balaban J connectivity index is 1.51. The number of anilines is 1. The number of carbonyl (C=O) groups is 3. The van der Waals surface area contributed by atoms with Crippen LogP contribution in [0.25, 0.3) is 0 Å². The molecule has 1 aliphatic carbocycles. The van der Waals surface area contributed by atoms with E-state index in [1.165, 1.54) is 21.7 Å². The number of urea groups is 1. The summed E-state index contributed by atoms with van der Waals surface area (Å²) >= 11 is 2.86. The van der Waals surface area contributed by atoms with Crippen LogP contribution in [0, 0.1) is 0 Å². The maximum atomic E-state index is 12.8. The minimum Gasteiger partial charge on any atom is -0.324 e. The Morgan fingerprint density at radius 1 is 1.38 bits per heavy atom. The molecule has 0 radical (unpaired) electrons. The van der Waals surface area contributed by atoms with Crippen molar-refractivity contribution in [3.8, 4) is 0 Å². The van der Waals surface area contributed by atoms with Gasteiger partial charge in [-0.2, -0.15) is 0 Å². The molecule has 0 bridgehead atoms. The van der Waals surface area contributed by atoms with Crippen molar-refractivity contribution < 1.29 is 14.4 Å². The van der Waals surface area contributed by atoms with E-state index in [2.05, 4.69) is 10.0 Å². The molecule has 136 valence electrons. The summed E-state index contributed by atoms with van der Waals surface area (Å²) in [4.78, 5) is 41.6. The zero-order chi connectivity index (χ0) is 18.3. The van der Waals surface area contributed by atoms with Crippen LogP contribution in [0.4, 0.5) is 10.5 Å². The lowest BCUT2D eigenvalue weighted by atomic mass is 10.1. The summed E-state index contributed by atoms with van der Waals surface area (Å²) in [5, 5.41) is 4.56. The molecule has 2 fully saturated rings. The summed E-state index contributed by atoms with van der Waals surface area (Å²) in [5.41, 5.74) is 1.24. The van der Waals surface area contributed by atoms with E-state index in [9.17, 15) is 14.4 Å². The van der Waals surface area contributed by atoms with Crippen LogP contribution in [0.5, 0.6) is 0 Å². The number of nitrogens with one attached hydrogen (secondary N) is 2. The van der Waals surface area contributed by atoms with Crippen molar-refractivity contribution in [1.29, 1.82) is 0 Å². The number of carbonyl (C=O) groups excluding carboxylic acids is 3. The molecule has 3 aliphatic rings. The van der Waals surface area contributed by atoms with Crippen molar-refractivity contribution in [3.63, 3.8) is 0 Å². The average molecular weight is 390 g/mol. The lowest BCUT2D eigenvalue weighted by molar-refractivity contribution is -0.132. The van der Waals surface area contributed by atoms with Crippen molar-refractivity contribution in [2.24, 2.45) is 0 Å². The molecule has 1 unspecified atom stereocenters. The first kappa shape index (κ1) is 17.4. The highest BCUT2D eigenvalue weighted by atomic mass is 32.2. The zero-order valence-corrected chi connectivity index (χ0v) is 15.7. The molecule has 4 amide bonds. The molecule has 2 N–H and O–H groups in total. The average Bonchev–Trinajstić information content (AvgIpc) is 3.33. The van der Waals surface area contributed by atoms with Gasteiger partial charge in [-0.15, -0.1) is 11.8 Å². The molecule has 1 aromatic rings. The van der Waals surface area contributed by atoms with E-state index in [4.69, 9.17) is 0 Å². The highest BCUT2D eigenvalue weighted by molar-refractivity contribution is 8.00. The van der Waals surface area contributed by atoms with Gasteiger partial charge in [-0.05, 0) is 37.3 Å². The van der Waals surface area contributed by atoms with Gasteiger partial charge in [0.1, 0.15) is 12.6 Å². The fraction of sp³-hybridized carbons (Fsp3) is 0.353. The first-order valence-corrected chi connectivity index (χ1v) is 10.4. The van der Waals surface area contributed by atoms with Crippen LogP contribution in [0.1, 0.15) is 12.8 Å². The van der Waals surface area contributed by atoms with E-state index in [1.807, 2.05) is 30.5 Å². The van der Waals surface area contributed by atoms with Crippen LogP contribution in [0.3, 0.4) is 0 Å². The Labute approximate surface area is 159 Å². The summed E-state index contributed by atoms with van der Waals surface area (Å²) in [7, 11) is 0. The van der Waals surface area contributed by atoms with E-state index >= 15 is 0 Å². The SMILES string of the molecule is CSc1cccc(NC(=O)CN2C(=O)N(C3CC3)C(=O)C3NSC=C32)c1. The molecule has 7 nitrogen and oxygen atoms in total. The molecule has 4 rings (SSSR count). The number of imide groups is 1. The first-order chi connectivity index (χ1) is 12.6. The van der Waals surface area contributed by atoms with Gasteiger partial charge in [0, 0.05) is 22.0 Å². The Morgan fingerprint density at radius 3 is 2.92 bits per heavy atom. The van der Waals surface area contributed by atoms with Gasteiger partial charge in [-0.25, -0.2) is 9.52 Å². The lowest BCUT2D eigenvalue weighted by Crippen LogP contribution is -2.60. The first-order valence-electron chi connectivity index (χ1n) is 8.28. The largest absolute Gasteiger partial charge is 0.331 e. The Kier molecular flexibility index (Phi) is 4.68. The van der Waals surface area contributed by atoms with Gasteiger partial charge in [0.2, 0.25) is 5.91 Å². The molecular weight excluding hydrogens is 372 g/mol. The summed E-state index contributed by atoms with van der Waals surface area (Å²) in [5.74, 6) is -0.517. The molecule has 2 heterocycles. The van der Waals surface area contributed by atoms with Crippen molar-refractivity contribution in [1.82, 2.24) is 14.5 Å². The van der Waals surface area contributed by atoms with E-state index < -0.39 is 12.1 Å². The van der Waals surface area contributed by atoms with Crippen molar-refractivity contribution >= 4 is 47.2 Å². The minimum absolute atomic E-state index is 0.0345. The number of hydrogen-bond acceptors (Lipinski definition) is 6. The van der Waals surface area contributed by atoms with Crippen LogP contribution in [-0.2, 0) is 9.59 Å². The molecule has 0 spiro atoms. The molecule has 0 aromatic heterocycles. The molecule has 1 saturated heterocycles. The number of thioether (sulfide) groups is 1. The topological polar surface area (TPSA) is 81.8 Å². The van der Waals surface area contributed by atoms with Crippen molar-refractivity contribution in [2.45, 2.75) is 29.8 Å². The van der Waals surface area contributed by atoms with Gasteiger partial charge < -0.3 is 5.32 Å². The van der Waals surface area contributed by atoms with Crippen LogP contribution < -0.4 is 10.0 Å². The molecule has 2 aliphatic heterocycles. The molecule has 1 atom stereocenters. The predicted molar refractivity (Wildman–Crippen MR) is 101 cm³/mol. The van der Waals surface area contributed by atoms with Crippen LogP contribution in [0.2, 0.25) is 0 Å². The minimum atomic E-state index is -0.564. The smallest absolute Gasteiger partial charge is 0.324 e. The highest BCUT2D eigenvalue weighted by Crippen LogP contribution is 2.36. The Morgan fingerprint density at radius 2 is 2.19 bits per heavy atom. The zero-order valence-electron chi connectivity index (χ0n) is 14.1. The monoisotopic (exact) mass is 390 g/mol. The third-order valence-electron chi connectivity index (χ3n) is 4.46. The van der Waals surface area contributed by atoms with Crippen LogP contribution in [-0.4, -0.2) is 52.5 Å². The normalized spacial score (nSPS) is 22.3. The van der Waals surface area contributed by atoms with Gasteiger partial charge in [0.15, 0.2) is 0 Å². The van der Waals surface area contributed by atoms with E-state index in [0.717, 1.165) is 17.7 Å². The van der Waals surface area contributed by atoms with Crippen LogP contribution in [0.15, 0.2) is 40.3 Å². The van der Waals surface area contributed by atoms with Crippen LogP contribution >= 0.6 is 23.7 Å². The number of hydrogen-bond donors (Lipinski definition) is 2. The van der Waals surface area contributed by atoms with E-state index in [1.54, 1.807) is 17.2 Å². The summed E-state index contributed by atoms with van der Waals surface area (Å²) < 4.78 is 3.01. The lowest BCUT2D eigenvalue weighted by Gasteiger charge is -2.38. The maximum absolute atomic E-state index is 12.8. The molecule has 26 heavy (non-hydrogen) atoms. The van der Waals surface area contributed by atoms with E-state index in [-0.39, 0.29) is 24.4 Å². The quantitative estimate of drug-likeness (QED) is 0.593. The summed E-state index contributed by atoms with van der Waals surface area (Å²) in [6, 6.07) is 6.53. The number of rotatable bonds is 5. The fourth-order valence-corrected chi connectivity index (χ4v) is 4.30. The van der Waals surface area contributed by atoms with Crippen molar-refractivity contribution in [2.75, 3.05) is 18.1 Å². The standard InChI is InChI=1S/C17H18N4O3S2/c1-25-12-4-2-3-10(7-12)18-14(22)8-20-13-9-26-19-15(13)16(23)21(17(20)24)11-5-6-11/h2-4,7,9,11,15,19H,5-6,8H2,1H3,(H,18,22). The second-order valence-electron chi connectivity index (χ2n) is 6.30. The number of fused-ring (bicyclic) bond motifs is 1. The van der Waals surface area contributed by atoms with Gasteiger partial charge in [0.05, 0.1) is 5.70 Å². The van der Waals surface area contributed by atoms with E-state index in [0.29, 0.717) is 11.4 Å². The van der Waals surface area contributed by atoms with Gasteiger partial charge in [0.25, 0.3) is 5.91 Å². The molecule has 1 saturated carbocycles. The summed E-state index contributed by atoms with van der Waals surface area (Å²) in [6.07, 6.45) is 3.63. The Hall–Kier alpha value is -1.97. The molecule has 9 heteroatoms.